The summed E-state index contributed by atoms with van der Waals surface area (Å²) in [7, 11) is 1.42. The maximum atomic E-state index is 11.2. The molecule has 0 amide bonds. The van der Waals surface area contributed by atoms with E-state index in [0.717, 1.165) is 25.6 Å². The number of anilines is 1. The van der Waals surface area contributed by atoms with Crippen molar-refractivity contribution in [2.75, 3.05) is 25.1 Å². The number of ether oxygens (including phenoxy) is 1. The van der Waals surface area contributed by atoms with E-state index >= 15 is 0 Å². The zero-order valence-electron chi connectivity index (χ0n) is 14.0. The summed E-state index contributed by atoms with van der Waals surface area (Å²) in [6, 6.07) is 13.1. The molecule has 2 N–H and O–H groups in total. The fourth-order valence-electron chi connectivity index (χ4n) is 3.13. The molecule has 1 atom stereocenters. The summed E-state index contributed by atoms with van der Waals surface area (Å²) in [6.45, 7) is 2.15. The Bertz CT molecular complexity index is 751. The van der Waals surface area contributed by atoms with E-state index in [4.69, 9.17) is 4.74 Å². The average molecular weight is 343 g/mol. The largest absolute Gasteiger partial charge is 0.504 e. The quantitative estimate of drug-likeness (QED) is 0.619. The first kappa shape index (κ1) is 17.0. The van der Waals surface area contributed by atoms with Gasteiger partial charge < -0.3 is 20.1 Å². The number of nitrogens with one attached hydrogen (secondary N) is 1. The van der Waals surface area contributed by atoms with Gasteiger partial charge in [0.25, 0.3) is 5.69 Å². The molecule has 1 saturated heterocycles. The lowest BCUT2D eigenvalue weighted by molar-refractivity contribution is -0.385. The summed E-state index contributed by atoms with van der Waals surface area (Å²) >= 11 is 0. The van der Waals surface area contributed by atoms with Crippen LogP contribution in [-0.4, -0.2) is 36.3 Å². The van der Waals surface area contributed by atoms with Gasteiger partial charge in [0.05, 0.1) is 18.1 Å². The zero-order valence-corrected chi connectivity index (χ0v) is 14.0. The lowest BCUT2D eigenvalue weighted by atomic mass is 10.1. The van der Waals surface area contributed by atoms with E-state index < -0.39 is 4.92 Å². The molecular formula is C18H21N3O4. The normalized spacial score (nSPS) is 16.8. The van der Waals surface area contributed by atoms with Crippen molar-refractivity contribution in [3.05, 3.63) is 58.1 Å². The van der Waals surface area contributed by atoms with Crippen LogP contribution in [-0.2, 0) is 6.54 Å². The van der Waals surface area contributed by atoms with Gasteiger partial charge >= 0.3 is 0 Å². The number of nitro benzene ring substituents is 1. The van der Waals surface area contributed by atoms with Crippen molar-refractivity contribution in [2.45, 2.75) is 19.0 Å². The second kappa shape index (κ2) is 7.40. The minimum Gasteiger partial charge on any atom is -0.504 e. The molecule has 1 fully saturated rings. The Kier molecular flexibility index (Phi) is 5.04. The van der Waals surface area contributed by atoms with Gasteiger partial charge in [-0.3, -0.25) is 10.1 Å². The lowest BCUT2D eigenvalue weighted by Crippen LogP contribution is -2.32. The summed E-state index contributed by atoms with van der Waals surface area (Å²) in [5.41, 5.74) is 1.57. The average Bonchev–Trinajstić information content (AvgIpc) is 3.10. The number of methoxy groups -OCH3 is 1. The molecule has 2 aromatic carbocycles. The van der Waals surface area contributed by atoms with Gasteiger partial charge in [-0.25, -0.2) is 0 Å². The highest BCUT2D eigenvalue weighted by Crippen LogP contribution is 2.33. The highest BCUT2D eigenvalue weighted by atomic mass is 16.6. The van der Waals surface area contributed by atoms with Gasteiger partial charge in [0, 0.05) is 36.9 Å². The van der Waals surface area contributed by atoms with Gasteiger partial charge in [0.15, 0.2) is 11.5 Å². The molecule has 132 valence electrons. The first-order valence-corrected chi connectivity index (χ1v) is 8.16. The molecule has 0 bridgehead atoms. The molecule has 0 aliphatic carbocycles. The SMILES string of the molecule is COc1cc(CN[C@H]2CCN(c3ccccc3)C2)c([N+](=O)[O-])cc1O. The van der Waals surface area contributed by atoms with Crippen molar-refractivity contribution in [3.8, 4) is 11.5 Å². The van der Waals surface area contributed by atoms with E-state index in [1.54, 1.807) is 0 Å². The number of aromatic hydroxyl groups is 1. The van der Waals surface area contributed by atoms with Gasteiger partial charge in [0.2, 0.25) is 0 Å². The van der Waals surface area contributed by atoms with Crippen LogP contribution in [0, 0.1) is 10.1 Å². The Morgan fingerprint density at radius 1 is 1.36 bits per heavy atom. The number of rotatable bonds is 6. The fraction of sp³-hybridized carbons (Fsp3) is 0.333. The Labute approximate surface area is 146 Å². The van der Waals surface area contributed by atoms with Gasteiger partial charge in [-0.2, -0.15) is 0 Å². The van der Waals surface area contributed by atoms with Crippen molar-refractivity contribution in [3.63, 3.8) is 0 Å². The predicted molar refractivity (Wildman–Crippen MR) is 95.2 cm³/mol. The number of nitro groups is 1. The number of benzene rings is 2. The van der Waals surface area contributed by atoms with E-state index in [0.29, 0.717) is 12.1 Å². The molecule has 25 heavy (non-hydrogen) atoms. The summed E-state index contributed by atoms with van der Waals surface area (Å²) in [4.78, 5) is 13.0. The molecule has 0 saturated carbocycles. The Balaban J connectivity index is 1.67. The van der Waals surface area contributed by atoms with Crippen molar-refractivity contribution in [1.82, 2.24) is 5.32 Å². The standard InChI is InChI=1S/C18H21N3O4/c1-25-18-9-13(16(21(23)24)10-17(18)22)11-19-14-7-8-20(12-14)15-5-3-2-4-6-15/h2-6,9-10,14,19,22H,7-8,11-12H2,1H3/t14-/m0/s1. The van der Waals surface area contributed by atoms with Gasteiger partial charge in [0.1, 0.15) is 0 Å². The summed E-state index contributed by atoms with van der Waals surface area (Å²) in [5.74, 6) is 0.00815. The predicted octanol–water partition coefficient (Wildman–Crippen LogP) is 2.68. The number of phenols is 1. The monoisotopic (exact) mass is 343 g/mol. The first-order chi connectivity index (χ1) is 12.1. The van der Waals surface area contributed by atoms with Crippen LogP contribution < -0.4 is 15.0 Å². The van der Waals surface area contributed by atoms with Crippen LogP contribution in [0.3, 0.4) is 0 Å². The summed E-state index contributed by atoms with van der Waals surface area (Å²) < 4.78 is 5.06. The highest BCUT2D eigenvalue weighted by molar-refractivity contribution is 5.53. The molecule has 2 aromatic rings. The minimum atomic E-state index is -0.485. The molecule has 7 nitrogen and oxygen atoms in total. The Morgan fingerprint density at radius 2 is 2.12 bits per heavy atom. The van der Waals surface area contributed by atoms with Crippen LogP contribution in [0.2, 0.25) is 0 Å². The van der Waals surface area contributed by atoms with Crippen LogP contribution in [0.5, 0.6) is 11.5 Å². The van der Waals surface area contributed by atoms with Gasteiger partial charge in [-0.15, -0.1) is 0 Å². The van der Waals surface area contributed by atoms with Crippen LogP contribution in [0.4, 0.5) is 11.4 Å². The van der Waals surface area contributed by atoms with Crippen LogP contribution in [0.15, 0.2) is 42.5 Å². The molecule has 0 radical (unpaired) electrons. The molecule has 0 unspecified atom stereocenters. The van der Waals surface area contributed by atoms with Crippen LogP contribution >= 0.6 is 0 Å². The van der Waals surface area contributed by atoms with Gasteiger partial charge in [-0.1, -0.05) is 18.2 Å². The molecule has 1 aliphatic rings. The van der Waals surface area contributed by atoms with E-state index in [9.17, 15) is 15.2 Å². The van der Waals surface area contributed by atoms with Crippen LogP contribution in [0.25, 0.3) is 0 Å². The third-order valence-corrected chi connectivity index (χ3v) is 4.47. The van der Waals surface area contributed by atoms with Crippen LogP contribution in [0.1, 0.15) is 12.0 Å². The van der Waals surface area contributed by atoms with E-state index in [1.807, 2.05) is 18.2 Å². The summed E-state index contributed by atoms with van der Waals surface area (Å²) in [6.07, 6.45) is 0.970. The second-order valence-electron chi connectivity index (χ2n) is 6.06. The maximum absolute atomic E-state index is 11.2. The number of hydrogen-bond acceptors (Lipinski definition) is 6. The van der Waals surface area contributed by atoms with Crippen molar-refractivity contribution in [1.29, 1.82) is 0 Å². The van der Waals surface area contributed by atoms with Gasteiger partial charge in [-0.05, 0) is 24.6 Å². The molecule has 1 aliphatic heterocycles. The fourth-order valence-corrected chi connectivity index (χ4v) is 3.13. The van der Waals surface area contributed by atoms with Crippen molar-refractivity contribution >= 4 is 11.4 Å². The highest BCUT2D eigenvalue weighted by Gasteiger charge is 2.24. The smallest absolute Gasteiger partial charge is 0.277 e. The van der Waals surface area contributed by atoms with E-state index in [-0.39, 0.29) is 23.2 Å². The molecule has 3 rings (SSSR count). The third-order valence-electron chi connectivity index (χ3n) is 4.47. The molecule has 1 heterocycles. The van der Waals surface area contributed by atoms with E-state index in [2.05, 4.69) is 22.3 Å². The number of hydrogen-bond donors (Lipinski definition) is 2. The topological polar surface area (TPSA) is 87.9 Å². The Hall–Kier alpha value is -2.80. The third kappa shape index (κ3) is 3.83. The minimum absolute atomic E-state index is 0.108. The molecule has 7 heteroatoms. The number of para-hydroxylation sites is 1. The summed E-state index contributed by atoms with van der Waals surface area (Å²) in [5, 5.41) is 24.4. The van der Waals surface area contributed by atoms with Crippen molar-refractivity contribution in [2.24, 2.45) is 0 Å². The lowest BCUT2D eigenvalue weighted by Gasteiger charge is -2.19. The van der Waals surface area contributed by atoms with Crippen molar-refractivity contribution < 1.29 is 14.8 Å². The maximum Gasteiger partial charge on any atom is 0.277 e. The first-order valence-electron chi connectivity index (χ1n) is 8.16. The number of nitrogens with zero attached hydrogens (tertiary/aromatic N) is 2. The zero-order chi connectivity index (χ0) is 17.8. The van der Waals surface area contributed by atoms with E-state index in [1.165, 1.54) is 18.9 Å². The second-order valence-corrected chi connectivity index (χ2v) is 6.06. The Morgan fingerprint density at radius 3 is 2.80 bits per heavy atom. The molecule has 0 aromatic heterocycles. The molecule has 0 spiro atoms. The molecular weight excluding hydrogens is 322 g/mol. The number of phenolic OH excluding ortho intramolecular Hbond substituents is 1.